The van der Waals surface area contributed by atoms with Gasteiger partial charge in [-0.1, -0.05) is 12.1 Å². The predicted octanol–water partition coefficient (Wildman–Crippen LogP) is 0.528. The van der Waals surface area contributed by atoms with Crippen molar-refractivity contribution in [2.24, 2.45) is 5.73 Å². The number of benzene rings is 1. The number of carbonyl (C=O) groups is 2. The van der Waals surface area contributed by atoms with E-state index in [9.17, 15) is 18.0 Å². The monoisotopic (exact) mass is 296 g/mol. The summed E-state index contributed by atoms with van der Waals surface area (Å²) in [6.45, 7) is 1.63. The fraction of sp³-hybridized carbons (Fsp3) is 0.385. The van der Waals surface area contributed by atoms with Gasteiger partial charge in [0.1, 0.15) is 6.04 Å². The minimum atomic E-state index is -3.81. The Kier molecular flexibility index (Phi) is 3.92. The van der Waals surface area contributed by atoms with Crippen molar-refractivity contribution in [3.05, 3.63) is 29.8 Å². The average molecular weight is 296 g/mol. The highest BCUT2D eigenvalue weighted by molar-refractivity contribution is 7.89. The van der Waals surface area contributed by atoms with Crippen LogP contribution in [0.2, 0.25) is 0 Å². The van der Waals surface area contributed by atoms with E-state index < -0.39 is 22.0 Å². The van der Waals surface area contributed by atoms with Gasteiger partial charge in [0.25, 0.3) is 0 Å². The molecule has 1 saturated heterocycles. The van der Waals surface area contributed by atoms with Gasteiger partial charge < -0.3 is 5.73 Å². The summed E-state index contributed by atoms with van der Waals surface area (Å²) in [5.41, 5.74) is 5.56. The highest BCUT2D eigenvalue weighted by atomic mass is 32.2. The smallest absolute Gasteiger partial charge is 0.243 e. The molecular weight excluding hydrogens is 280 g/mol. The molecule has 1 atom stereocenters. The molecule has 7 heteroatoms. The normalized spacial score (nSPS) is 19.9. The molecule has 1 aromatic rings. The lowest BCUT2D eigenvalue weighted by molar-refractivity contribution is -0.121. The first kappa shape index (κ1) is 14.7. The van der Waals surface area contributed by atoms with Crippen molar-refractivity contribution in [2.45, 2.75) is 30.7 Å². The van der Waals surface area contributed by atoms with Gasteiger partial charge in [-0.2, -0.15) is 4.31 Å². The van der Waals surface area contributed by atoms with Crippen molar-refractivity contribution < 1.29 is 18.0 Å². The summed E-state index contributed by atoms with van der Waals surface area (Å²) < 4.78 is 26.2. The molecule has 0 saturated carbocycles. The van der Waals surface area contributed by atoms with Crippen LogP contribution < -0.4 is 5.73 Å². The number of hydrogen-bond donors (Lipinski definition) is 1. The molecule has 1 aliphatic heterocycles. The van der Waals surface area contributed by atoms with Crippen LogP contribution >= 0.6 is 0 Å². The van der Waals surface area contributed by atoms with Gasteiger partial charge >= 0.3 is 0 Å². The first-order chi connectivity index (χ1) is 9.34. The minimum absolute atomic E-state index is 0.0124. The molecule has 108 valence electrons. The first-order valence-electron chi connectivity index (χ1n) is 6.26. The van der Waals surface area contributed by atoms with Crippen molar-refractivity contribution in [3.8, 4) is 0 Å². The predicted molar refractivity (Wildman–Crippen MR) is 72.6 cm³/mol. The molecule has 1 aliphatic rings. The molecule has 0 aliphatic carbocycles. The van der Waals surface area contributed by atoms with E-state index in [1.54, 1.807) is 6.07 Å². The first-order valence-corrected chi connectivity index (χ1v) is 7.70. The number of sulfonamides is 1. The van der Waals surface area contributed by atoms with Crippen LogP contribution in [0.4, 0.5) is 0 Å². The Bertz CT molecular complexity index is 654. The minimum Gasteiger partial charge on any atom is -0.368 e. The largest absolute Gasteiger partial charge is 0.368 e. The van der Waals surface area contributed by atoms with E-state index in [4.69, 9.17) is 5.73 Å². The third-order valence-electron chi connectivity index (χ3n) is 3.38. The van der Waals surface area contributed by atoms with E-state index in [2.05, 4.69) is 0 Å². The summed E-state index contributed by atoms with van der Waals surface area (Å²) >= 11 is 0. The zero-order valence-electron chi connectivity index (χ0n) is 11.1. The maximum Gasteiger partial charge on any atom is 0.243 e. The Labute approximate surface area is 117 Å². The van der Waals surface area contributed by atoms with Gasteiger partial charge in [0.2, 0.25) is 15.9 Å². The number of nitrogens with zero attached hydrogens (tertiary/aromatic N) is 1. The molecule has 0 radical (unpaired) electrons. The number of nitrogens with two attached hydrogens (primary N) is 1. The number of amides is 1. The molecule has 1 unspecified atom stereocenters. The lowest BCUT2D eigenvalue weighted by atomic mass is 10.2. The fourth-order valence-electron chi connectivity index (χ4n) is 2.32. The summed E-state index contributed by atoms with van der Waals surface area (Å²) in [6.07, 6.45) is 1.03. The van der Waals surface area contributed by atoms with Crippen molar-refractivity contribution >= 4 is 21.7 Å². The van der Waals surface area contributed by atoms with E-state index >= 15 is 0 Å². The molecule has 0 aromatic heterocycles. The molecule has 1 amide bonds. The quantitative estimate of drug-likeness (QED) is 0.819. The zero-order chi connectivity index (χ0) is 14.9. The van der Waals surface area contributed by atoms with Gasteiger partial charge in [-0.3, -0.25) is 9.59 Å². The number of ketones is 1. The Hall–Kier alpha value is -1.73. The van der Waals surface area contributed by atoms with Crippen molar-refractivity contribution in [1.29, 1.82) is 0 Å². The lowest BCUT2D eigenvalue weighted by Gasteiger charge is -2.21. The van der Waals surface area contributed by atoms with Crippen LogP contribution in [0.1, 0.15) is 30.1 Å². The molecule has 1 heterocycles. The SMILES string of the molecule is CC(=O)c1cccc(S(=O)(=O)N2CCCC2C(N)=O)c1. The third-order valence-corrected chi connectivity index (χ3v) is 5.28. The number of rotatable bonds is 4. The van der Waals surface area contributed by atoms with Crippen LogP contribution in [0.5, 0.6) is 0 Å². The number of hydrogen-bond acceptors (Lipinski definition) is 4. The number of Topliss-reactive ketones (excluding diaryl/α,β-unsaturated/α-hetero) is 1. The van der Waals surface area contributed by atoms with Crippen LogP contribution in [0.15, 0.2) is 29.2 Å². The molecule has 2 N–H and O–H groups in total. The second-order valence-electron chi connectivity index (χ2n) is 4.76. The summed E-state index contributed by atoms with van der Waals surface area (Å²) in [5, 5.41) is 0. The number of carbonyl (C=O) groups excluding carboxylic acids is 2. The Morgan fingerprint density at radius 3 is 2.65 bits per heavy atom. The van der Waals surface area contributed by atoms with Crippen molar-refractivity contribution in [1.82, 2.24) is 4.31 Å². The maximum absolute atomic E-state index is 12.5. The second-order valence-corrected chi connectivity index (χ2v) is 6.65. The molecule has 6 nitrogen and oxygen atoms in total. The summed E-state index contributed by atoms with van der Waals surface area (Å²) in [4.78, 5) is 22.7. The molecule has 1 fully saturated rings. The summed E-state index contributed by atoms with van der Waals surface area (Å²) in [6, 6.07) is 5.00. The standard InChI is InChI=1S/C13H16N2O4S/c1-9(16)10-4-2-5-11(8-10)20(18,19)15-7-3-6-12(15)13(14)17/h2,4-5,8,12H,3,6-7H2,1H3,(H2,14,17). The molecule has 1 aromatic carbocycles. The Morgan fingerprint density at radius 2 is 2.05 bits per heavy atom. The van der Waals surface area contributed by atoms with Crippen LogP contribution in [-0.2, 0) is 14.8 Å². The van der Waals surface area contributed by atoms with Crippen LogP contribution in [-0.4, -0.2) is 37.0 Å². The van der Waals surface area contributed by atoms with Gasteiger partial charge in [0, 0.05) is 12.1 Å². The van der Waals surface area contributed by atoms with Gasteiger partial charge in [-0.05, 0) is 31.9 Å². The van der Waals surface area contributed by atoms with E-state index in [0.717, 1.165) is 4.31 Å². The Morgan fingerprint density at radius 1 is 1.35 bits per heavy atom. The van der Waals surface area contributed by atoms with Gasteiger partial charge in [0.15, 0.2) is 5.78 Å². The highest BCUT2D eigenvalue weighted by Crippen LogP contribution is 2.26. The molecule has 2 rings (SSSR count). The molecule has 20 heavy (non-hydrogen) atoms. The molecule has 0 spiro atoms. The summed E-state index contributed by atoms with van der Waals surface area (Å²) in [5.74, 6) is -0.858. The van der Waals surface area contributed by atoms with Crippen molar-refractivity contribution in [2.75, 3.05) is 6.54 Å². The number of primary amides is 1. The second kappa shape index (κ2) is 5.34. The lowest BCUT2D eigenvalue weighted by Crippen LogP contribution is -2.43. The van der Waals surface area contributed by atoms with Gasteiger partial charge in [0.05, 0.1) is 4.90 Å². The van der Waals surface area contributed by atoms with E-state index in [0.29, 0.717) is 18.4 Å². The van der Waals surface area contributed by atoms with Gasteiger partial charge in [-0.25, -0.2) is 8.42 Å². The molecule has 0 bridgehead atoms. The third kappa shape index (κ3) is 2.59. The Balaban J connectivity index is 2.42. The van der Waals surface area contributed by atoms with E-state index in [1.165, 1.54) is 25.1 Å². The van der Waals surface area contributed by atoms with E-state index in [1.807, 2.05) is 0 Å². The summed E-state index contributed by atoms with van der Waals surface area (Å²) in [7, 11) is -3.81. The highest BCUT2D eigenvalue weighted by Gasteiger charge is 2.38. The topological polar surface area (TPSA) is 97.5 Å². The van der Waals surface area contributed by atoms with Crippen molar-refractivity contribution in [3.63, 3.8) is 0 Å². The van der Waals surface area contributed by atoms with Gasteiger partial charge in [-0.15, -0.1) is 0 Å². The average Bonchev–Trinajstić information content (AvgIpc) is 2.89. The fourth-order valence-corrected chi connectivity index (χ4v) is 4.03. The van der Waals surface area contributed by atoms with Crippen LogP contribution in [0, 0.1) is 0 Å². The van der Waals surface area contributed by atoms with Crippen LogP contribution in [0.25, 0.3) is 0 Å². The van der Waals surface area contributed by atoms with Crippen LogP contribution in [0.3, 0.4) is 0 Å². The maximum atomic E-state index is 12.5. The molecular formula is C13H16N2O4S. The zero-order valence-corrected chi connectivity index (χ0v) is 11.9. The van der Waals surface area contributed by atoms with E-state index in [-0.39, 0.29) is 17.2 Å².